The van der Waals surface area contributed by atoms with E-state index in [4.69, 9.17) is 0 Å². The first kappa shape index (κ1) is 22.7. The van der Waals surface area contributed by atoms with E-state index in [0.717, 1.165) is 30.3 Å². The molecule has 158 valence electrons. The van der Waals surface area contributed by atoms with Crippen LogP contribution in [0.5, 0.6) is 0 Å². The van der Waals surface area contributed by atoms with Gasteiger partial charge in [0.15, 0.2) is 5.69 Å². The van der Waals surface area contributed by atoms with Gasteiger partial charge in [0.25, 0.3) is 5.91 Å². The molecule has 3 rings (SSSR count). The zero-order chi connectivity index (χ0) is 20.3. The number of alkyl halides is 3. The van der Waals surface area contributed by atoms with Crippen molar-refractivity contribution < 1.29 is 22.8 Å². The van der Waals surface area contributed by atoms with Gasteiger partial charge in [0.2, 0.25) is 5.91 Å². The van der Waals surface area contributed by atoms with Crippen LogP contribution >= 0.6 is 12.4 Å². The summed E-state index contributed by atoms with van der Waals surface area (Å²) in [4.78, 5) is 26.3. The SMILES string of the molecule is CCN(CC(=O)Nc1ccccc1C(F)(F)F)C(=O)c1n[nH]c2c1CNCC2.Cl. The molecule has 7 nitrogen and oxygen atoms in total. The molecule has 11 heteroatoms. The predicted molar refractivity (Wildman–Crippen MR) is 103 cm³/mol. The van der Waals surface area contributed by atoms with E-state index >= 15 is 0 Å². The predicted octanol–water partition coefficient (Wildman–Crippen LogP) is 2.60. The number of halogens is 4. The summed E-state index contributed by atoms with van der Waals surface area (Å²) in [5.41, 5.74) is 0.585. The van der Waals surface area contributed by atoms with E-state index in [0.29, 0.717) is 6.54 Å². The van der Waals surface area contributed by atoms with Gasteiger partial charge in [-0.1, -0.05) is 12.1 Å². The lowest BCUT2D eigenvalue weighted by atomic mass is 10.1. The maximum atomic E-state index is 13.1. The topological polar surface area (TPSA) is 90.1 Å². The third-order valence-electron chi connectivity index (χ3n) is 4.52. The first-order chi connectivity index (χ1) is 13.3. The van der Waals surface area contributed by atoms with Crippen LogP contribution in [-0.4, -0.2) is 46.5 Å². The minimum atomic E-state index is -4.59. The molecule has 1 aromatic carbocycles. The van der Waals surface area contributed by atoms with Crippen molar-refractivity contribution >= 4 is 29.9 Å². The van der Waals surface area contributed by atoms with Crippen LogP contribution in [0.15, 0.2) is 24.3 Å². The molecule has 29 heavy (non-hydrogen) atoms. The Bertz CT molecular complexity index is 885. The molecular weight excluding hydrogens is 411 g/mol. The minimum Gasteiger partial charge on any atom is -0.328 e. The van der Waals surface area contributed by atoms with Gasteiger partial charge in [0, 0.05) is 37.3 Å². The average Bonchev–Trinajstić information content (AvgIpc) is 3.09. The van der Waals surface area contributed by atoms with Gasteiger partial charge in [-0.3, -0.25) is 14.7 Å². The number of rotatable bonds is 5. The van der Waals surface area contributed by atoms with Gasteiger partial charge in [-0.05, 0) is 19.1 Å². The molecule has 0 fully saturated rings. The van der Waals surface area contributed by atoms with E-state index in [1.807, 2.05) is 0 Å². The van der Waals surface area contributed by atoms with Crippen molar-refractivity contribution in [2.45, 2.75) is 26.1 Å². The van der Waals surface area contributed by atoms with Crippen LogP contribution in [-0.2, 0) is 23.9 Å². The Morgan fingerprint density at radius 2 is 2.00 bits per heavy atom. The Balaban J connectivity index is 0.00000300. The Labute approximate surface area is 171 Å². The average molecular weight is 432 g/mol. The molecule has 1 aromatic heterocycles. The largest absolute Gasteiger partial charge is 0.418 e. The number of likely N-dealkylation sites (N-methyl/N-ethyl adjacent to an activating group) is 1. The number of aromatic nitrogens is 2. The number of carbonyl (C=O) groups is 2. The summed E-state index contributed by atoms with van der Waals surface area (Å²) in [6.45, 7) is 2.79. The van der Waals surface area contributed by atoms with Gasteiger partial charge < -0.3 is 15.5 Å². The monoisotopic (exact) mass is 431 g/mol. The molecule has 0 atom stereocenters. The first-order valence-corrected chi connectivity index (χ1v) is 8.83. The smallest absolute Gasteiger partial charge is 0.328 e. The molecule has 0 spiro atoms. The fourth-order valence-corrected chi connectivity index (χ4v) is 3.08. The lowest BCUT2D eigenvalue weighted by Gasteiger charge is -2.21. The standard InChI is InChI=1S/C18H20F3N5O2.ClH/c1-2-26(17(28)16-11-9-22-8-7-13(11)24-25-16)10-15(27)23-14-6-4-3-5-12(14)18(19,20)21;/h3-6,22H,2,7-10H2,1H3,(H,23,27)(H,24,25);1H. The van der Waals surface area contributed by atoms with Gasteiger partial charge in [-0.2, -0.15) is 18.3 Å². The summed E-state index contributed by atoms with van der Waals surface area (Å²) < 4.78 is 39.2. The van der Waals surface area contributed by atoms with Crippen molar-refractivity contribution in [2.75, 3.05) is 25.0 Å². The number of carbonyl (C=O) groups excluding carboxylic acids is 2. The second kappa shape index (κ2) is 9.27. The van der Waals surface area contributed by atoms with Gasteiger partial charge in [-0.15, -0.1) is 12.4 Å². The highest BCUT2D eigenvalue weighted by atomic mass is 35.5. The van der Waals surface area contributed by atoms with E-state index in [1.165, 1.54) is 23.1 Å². The van der Waals surface area contributed by atoms with E-state index in [2.05, 4.69) is 20.8 Å². The molecular formula is C18H21ClF3N5O2. The van der Waals surface area contributed by atoms with Crippen molar-refractivity contribution in [1.82, 2.24) is 20.4 Å². The molecule has 2 aromatic rings. The zero-order valence-electron chi connectivity index (χ0n) is 15.6. The second-order valence-electron chi connectivity index (χ2n) is 6.37. The molecule has 0 saturated carbocycles. The van der Waals surface area contributed by atoms with Gasteiger partial charge in [0.05, 0.1) is 11.3 Å². The van der Waals surface area contributed by atoms with Crippen molar-refractivity contribution in [3.63, 3.8) is 0 Å². The van der Waals surface area contributed by atoms with E-state index in [1.54, 1.807) is 6.92 Å². The van der Waals surface area contributed by atoms with Crippen LogP contribution in [0.25, 0.3) is 0 Å². The number of nitrogens with zero attached hydrogens (tertiary/aromatic N) is 2. The number of benzene rings is 1. The highest BCUT2D eigenvalue weighted by Crippen LogP contribution is 2.34. The lowest BCUT2D eigenvalue weighted by Crippen LogP contribution is -2.39. The van der Waals surface area contributed by atoms with Crippen LogP contribution in [0.1, 0.15) is 34.2 Å². The molecule has 0 bridgehead atoms. The summed E-state index contributed by atoms with van der Waals surface area (Å²) in [5.74, 6) is -1.16. The fraction of sp³-hybridized carbons (Fsp3) is 0.389. The third-order valence-corrected chi connectivity index (χ3v) is 4.52. The molecule has 2 amide bonds. The summed E-state index contributed by atoms with van der Waals surface area (Å²) in [5, 5.41) is 12.3. The number of para-hydroxylation sites is 1. The number of aromatic amines is 1. The summed E-state index contributed by atoms with van der Waals surface area (Å²) in [7, 11) is 0. The van der Waals surface area contributed by atoms with Crippen LogP contribution in [0.2, 0.25) is 0 Å². The maximum absolute atomic E-state index is 13.1. The third kappa shape index (κ3) is 5.07. The van der Waals surface area contributed by atoms with Gasteiger partial charge in [0.1, 0.15) is 6.54 Å². The van der Waals surface area contributed by atoms with Crippen molar-refractivity contribution in [1.29, 1.82) is 0 Å². The van der Waals surface area contributed by atoms with Crippen LogP contribution in [0.4, 0.5) is 18.9 Å². The zero-order valence-corrected chi connectivity index (χ0v) is 16.4. The highest BCUT2D eigenvalue weighted by molar-refractivity contribution is 5.99. The van der Waals surface area contributed by atoms with Crippen molar-refractivity contribution in [2.24, 2.45) is 0 Å². The lowest BCUT2D eigenvalue weighted by molar-refractivity contribution is -0.137. The molecule has 3 N–H and O–H groups in total. The van der Waals surface area contributed by atoms with E-state index < -0.39 is 23.6 Å². The van der Waals surface area contributed by atoms with Crippen molar-refractivity contribution in [3.05, 3.63) is 46.8 Å². The number of amides is 2. The molecule has 0 aliphatic carbocycles. The fourth-order valence-electron chi connectivity index (χ4n) is 3.08. The number of nitrogens with one attached hydrogen (secondary N) is 3. The van der Waals surface area contributed by atoms with Crippen LogP contribution < -0.4 is 10.6 Å². The van der Waals surface area contributed by atoms with Crippen LogP contribution in [0, 0.1) is 0 Å². The molecule has 0 saturated heterocycles. The van der Waals surface area contributed by atoms with Gasteiger partial charge >= 0.3 is 6.18 Å². The Hall–Kier alpha value is -2.59. The summed E-state index contributed by atoms with van der Waals surface area (Å²) in [6.07, 6.45) is -3.87. The molecule has 0 radical (unpaired) electrons. The maximum Gasteiger partial charge on any atom is 0.418 e. The minimum absolute atomic E-state index is 0. The Kier molecular flexibility index (Phi) is 7.26. The van der Waals surface area contributed by atoms with Crippen LogP contribution in [0.3, 0.4) is 0 Å². The number of anilines is 1. The van der Waals surface area contributed by atoms with Gasteiger partial charge in [-0.25, -0.2) is 0 Å². The molecule has 1 aliphatic rings. The van der Waals surface area contributed by atoms with E-state index in [9.17, 15) is 22.8 Å². The number of H-pyrrole nitrogens is 1. The second-order valence-corrected chi connectivity index (χ2v) is 6.37. The Morgan fingerprint density at radius 3 is 2.69 bits per heavy atom. The molecule has 0 unspecified atom stereocenters. The Morgan fingerprint density at radius 1 is 1.28 bits per heavy atom. The molecule has 1 aliphatic heterocycles. The summed E-state index contributed by atoms with van der Waals surface area (Å²) in [6, 6.07) is 4.71. The quantitative estimate of drug-likeness (QED) is 0.678. The first-order valence-electron chi connectivity index (χ1n) is 8.83. The normalized spacial score (nSPS) is 13.2. The number of hydrogen-bond donors (Lipinski definition) is 3. The van der Waals surface area contributed by atoms with Crippen molar-refractivity contribution in [3.8, 4) is 0 Å². The number of fused-ring (bicyclic) bond motifs is 1. The molecule has 2 heterocycles. The highest BCUT2D eigenvalue weighted by Gasteiger charge is 2.34. The van der Waals surface area contributed by atoms with E-state index in [-0.39, 0.29) is 36.9 Å². The number of hydrogen-bond acceptors (Lipinski definition) is 4. The summed E-state index contributed by atoms with van der Waals surface area (Å²) >= 11 is 0.